The fourth-order valence-electron chi connectivity index (χ4n) is 3.41. The maximum atomic E-state index is 12.7. The smallest absolute Gasteiger partial charge is 0.319 e. The number of hydrogen-bond donors (Lipinski definition) is 3. The maximum Gasteiger partial charge on any atom is 0.319 e. The van der Waals surface area contributed by atoms with Crippen molar-refractivity contribution in [3.05, 3.63) is 65.5 Å². The molecule has 1 saturated carbocycles. The molecule has 162 valence electrons. The van der Waals surface area contributed by atoms with Gasteiger partial charge in [0.05, 0.1) is 0 Å². The number of aldehydes is 1. The van der Waals surface area contributed by atoms with Crippen molar-refractivity contribution in [2.75, 3.05) is 32.6 Å². The standard InChI is InChI=1S/C16H15FN2O2.C6H11N.CH4O/c17-14-5-1-13(2-6-14)11-18-16(21)19-15-7-3-12(4-8-15)9-10-20;1-7-3-5-2-6(5)4-7;1-2/h1-8,10H,9,11H2,(H2,18,19,21);5-6H,2-4H2,1H3;2H,1H3. The molecule has 1 heterocycles. The van der Waals surface area contributed by atoms with E-state index in [4.69, 9.17) is 5.11 Å². The first-order valence-electron chi connectivity index (χ1n) is 9.98. The van der Waals surface area contributed by atoms with Gasteiger partial charge in [0.2, 0.25) is 0 Å². The Hall–Kier alpha value is -2.77. The van der Waals surface area contributed by atoms with Crippen molar-refractivity contribution >= 4 is 18.0 Å². The van der Waals surface area contributed by atoms with Gasteiger partial charge in [0.15, 0.2) is 0 Å². The fraction of sp³-hybridized carbons (Fsp3) is 0.391. The summed E-state index contributed by atoms with van der Waals surface area (Å²) in [4.78, 5) is 24.5. The van der Waals surface area contributed by atoms with Crippen LogP contribution in [0.1, 0.15) is 17.5 Å². The number of urea groups is 1. The number of halogens is 1. The molecule has 0 aromatic heterocycles. The van der Waals surface area contributed by atoms with Gasteiger partial charge in [0, 0.05) is 38.9 Å². The van der Waals surface area contributed by atoms with Crippen LogP contribution in [0.3, 0.4) is 0 Å². The second kappa shape index (κ2) is 12.0. The number of benzene rings is 2. The quantitative estimate of drug-likeness (QED) is 0.656. The molecule has 4 rings (SSSR count). The van der Waals surface area contributed by atoms with Crippen molar-refractivity contribution in [3.8, 4) is 0 Å². The van der Waals surface area contributed by atoms with Crippen LogP contribution >= 0.6 is 0 Å². The molecule has 1 saturated heterocycles. The zero-order valence-corrected chi connectivity index (χ0v) is 17.5. The summed E-state index contributed by atoms with van der Waals surface area (Å²) in [5.74, 6) is 1.92. The van der Waals surface area contributed by atoms with E-state index in [1.807, 2.05) is 0 Å². The van der Waals surface area contributed by atoms with E-state index in [1.54, 1.807) is 36.4 Å². The van der Waals surface area contributed by atoms with Crippen molar-refractivity contribution < 1.29 is 19.1 Å². The van der Waals surface area contributed by atoms with Crippen LogP contribution in [0, 0.1) is 17.7 Å². The molecule has 2 atom stereocenters. The van der Waals surface area contributed by atoms with Gasteiger partial charge in [0.1, 0.15) is 12.1 Å². The van der Waals surface area contributed by atoms with Crippen LogP contribution in [0.2, 0.25) is 0 Å². The topological polar surface area (TPSA) is 81.7 Å². The van der Waals surface area contributed by atoms with Gasteiger partial charge in [-0.15, -0.1) is 0 Å². The van der Waals surface area contributed by atoms with Crippen molar-refractivity contribution in [1.29, 1.82) is 0 Å². The number of anilines is 1. The van der Waals surface area contributed by atoms with Gasteiger partial charge in [-0.05, 0) is 60.7 Å². The normalized spacial score (nSPS) is 18.7. The molecular weight excluding hydrogens is 385 g/mol. The average molecular weight is 416 g/mol. The number of carbonyl (C=O) groups excluding carboxylic acids is 2. The lowest BCUT2D eigenvalue weighted by atomic mass is 10.1. The second-order valence-electron chi connectivity index (χ2n) is 7.48. The zero-order chi connectivity index (χ0) is 21.9. The zero-order valence-electron chi connectivity index (χ0n) is 17.5. The number of aliphatic hydroxyl groups is 1. The SMILES string of the molecule is CN1CC2CC2C1.CO.O=CCc1ccc(NC(=O)NCc2ccc(F)cc2)cc1. The summed E-state index contributed by atoms with van der Waals surface area (Å²) in [6.45, 7) is 3.07. The molecule has 0 spiro atoms. The van der Waals surface area contributed by atoms with Crippen LogP contribution in [0.15, 0.2) is 48.5 Å². The van der Waals surface area contributed by atoms with Gasteiger partial charge in [-0.3, -0.25) is 0 Å². The van der Waals surface area contributed by atoms with E-state index in [0.29, 0.717) is 18.7 Å². The Morgan fingerprint density at radius 1 is 1.07 bits per heavy atom. The Bertz CT molecular complexity index is 786. The summed E-state index contributed by atoms with van der Waals surface area (Å²) < 4.78 is 12.7. The number of likely N-dealkylation sites (tertiary alicyclic amines) is 1. The highest BCUT2D eigenvalue weighted by molar-refractivity contribution is 5.89. The fourth-order valence-corrected chi connectivity index (χ4v) is 3.41. The average Bonchev–Trinajstić information content (AvgIpc) is 3.37. The highest BCUT2D eigenvalue weighted by Gasteiger charge is 2.43. The number of piperidine rings is 1. The van der Waals surface area contributed by atoms with Crippen LogP contribution in [-0.4, -0.2) is 49.6 Å². The number of aliphatic hydroxyl groups excluding tert-OH is 1. The van der Waals surface area contributed by atoms with Crippen LogP contribution in [-0.2, 0) is 17.8 Å². The van der Waals surface area contributed by atoms with E-state index in [2.05, 4.69) is 22.6 Å². The third-order valence-electron chi connectivity index (χ3n) is 5.06. The summed E-state index contributed by atoms with van der Waals surface area (Å²) in [6.07, 6.45) is 2.72. The van der Waals surface area contributed by atoms with Crippen molar-refractivity contribution in [2.45, 2.75) is 19.4 Å². The van der Waals surface area contributed by atoms with E-state index in [-0.39, 0.29) is 11.8 Å². The Balaban J connectivity index is 0.000000292. The van der Waals surface area contributed by atoms with Crippen LogP contribution in [0.4, 0.5) is 14.9 Å². The van der Waals surface area contributed by atoms with Gasteiger partial charge in [-0.2, -0.15) is 0 Å². The summed E-state index contributed by atoms with van der Waals surface area (Å²) in [7, 11) is 3.21. The number of nitrogens with one attached hydrogen (secondary N) is 2. The number of rotatable bonds is 5. The highest BCUT2D eigenvalue weighted by Crippen LogP contribution is 2.43. The Morgan fingerprint density at radius 2 is 1.63 bits per heavy atom. The molecule has 2 aromatic rings. The lowest BCUT2D eigenvalue weighted by Gasteiger charge is -2.08. The van der Waals surface area contributed by atoms with Crippen LogP contribution in [0.25, 0.3) is 0 Å². The van der Waals surface area contributed by atoms with Crippen molar-refractivity contribution in [2.24, 2.45) is 11.8 Å². The minimum Gasteiger partial charge on any atom is -0.400 e. The number of hydrogen-bond acceptors (Lipinski definition) is 4. The van der Waals surface area contributed by atoms with Crippen molar-refractivity contribution in [1.82, 2.24) is 10.2 Å². The molecule has 1 aliphatic heterocycles. The lowest BCUT2D eigenvalue weighted by molar-refractivity contribution is -0.107. The molecule has 30 heavy (non-hydrogen) atoms. The summed E-state index contributed by atoms with van der Waals surface area (Å²) in [5, 5.41) is 12.4. The molecule has 2 aromatic carbocycles. The van der Waals surface area contributed by atoms with Crippen LogP contribution in [0.5, 0.6) is 0 Å². The Kier molecular flexibility index (Phi) is 9.44. The van der Waals surface area contributed by atoms with Gasteiger partial charge >= 0.3 is 6.03 Å². The maximum absolute atomic E-state index is 12.7. The van der Waals surface area contributed by atoms with E-state index in [9.17, 15) is 14.0 Å². The number of fused-ring (bicyclic) bond motifs is 1. The molecule has 2 aliphatic rings. The number of nitrogens with zero attached hydrogens (tertiary/aromatic N) is 1. The first-order valence-corrected chi connectivity index (χ1v) is 9.98. The number of carbonyl (C=O) groups is 2. The molecule has 2 amide bonds. The summed E-state index contributed by atoms with van der Waals surface area (Å²) in [5.41, 5.74) is 2.34. The molecule has 0 bridgehead atoms. The van der Waals surface area contributed by atoms with Gasteiger partial charge in [-0.1, -0.05) is 24.3 Å². The first-order chi connectivity index (χ1) is 14.5. The van der Waals surface area contributed by atoms with Gasteiger partial charge in [0.25, 0.3) is 0 Å². The van der Waals surface area contributed by atoms with E-state index in [0.717, 1.165) is 36.4 Å². The number of amides is 2. The van der Waals surface area contributed by atoms with Crippen LogP contribution < -0.4 is 10.6 Å². The molecule has 2 unspecified atom stereocenters. The molecule has 2 fully saturated rings. The van der Waals surface area contributed by atoms with Gasteiger partial charge < -0.3 is 25.4 Å². The second-order valence-corrected chi connectivity index (χ2v) is 7.48. The summed E-state index contributed by atoms with van der Waals surface area (Å²) in [6, 6.07) is 12.6. The molecular formula is C23H30FN3O3. The first kappa shape index (κ1) is 23.5. The minimum absolute atomic E-state index is 0.307. The molecule has 7 heteroatoms. The monoisotopic (exact) mass is 415 g/mol. The highest BCUT2D eigenvalue weighted by atomic mass is 19.1. The minimum atomic E-state index is -0.345. The largest absolute Gasteiger partial charge is 0.400 e. The summed E-state index contributed by atoms with van der Waals surface area (Å²) >= 11 is 0. The van der Waals surface area contributed by atoms with E-state index in [1.165, 1.54) is 31.6 Å². The van der Waals surface area contributed by atoms with E-state index >= 15 is 0 Å². The van der Waals surface area contributed by atoms with Crippen molar-refractivity contribution in [3.63, 3.8) is 0 Å². The van der Waals surface area contributed by atoms with E-state index < -0.39 is 0 Å². The third-order valence-corrected chi connectivity index (χ3v) is 5.06. The molecule has 6 nitrogen and oxygen atoms in total. The molecule has 1 aliphatic carbocycles. The Labute approximate surface area is 177 Å². The van der Waals surface area contributed by atoms with Gasteiger partial charge in [-0.25, -0.2) is 9.18 Å². The lowest BCUT2D eigenvalue weighted by Crippen LogP contribution is -2.28. The molecule has 0 radical (unpaired) electrons. The predicted octanol–water partition coefficient (Wildman–Crippen LogP) is 3.07. The Morgan fingerprint density at radius 3 is 2.13 bits per heavy atom. The predicted molar refractivity (Wildman–Crippen MR) is 116 cm³/mol. The molecule has 3 N–H and O–H groups in total. The third kappa shape index (κ3) is 7.93.